The molecule has 0 spiro atoms. The summed E-state index contributed by atoms with van der Waals surface area (Å²) in [5.74, 6) is 0.378. The van der Waals surface area contributed by atoms with Crippen LogP contribution < -0.4 is 10.1 Å². The number of aromatic amines is 1. The molecule has 2 amide bonds. The molecule has 1 atom stereocenters. The molecule has 2 aromatic carbocycles. The molecular formula is C20H18F3N3O2. The maximum absolute atomic E-state index is 14.0. The Morgan fingerprint density at radius 2 is 1.89 bits per heavy atom. The summed E-state index contributed by atoms with van der Waals surface area (Å²) < 4.78 is 47.1. The van der Waals surface area contributed by atoms with Crippen molar-refractivity contribution in [3.63, 3.8) is 0 Å². The van der Waals surface area contributed by atoms with E-state index in [0.717, 1.165) is 10.3 Å². The van der Waals surface area contributed by atoms with Crippen LogP contribution in [0.1, 0.15) is 17.3 Å². The summed E-state index contributed by atoms with van der Waals surface area (Å²) >= 11 is 0. The second-order valence-electron chi connectivity index (χ2n) is 6.58. The zero-order valence-corrected chi connectivity index (χ0v) is 15.0. The van der Waals surface area contributed by atoms with Gasteiger partial charge in [0.2, 0.25) is 0 Å². The van der Waals surface area contributed by atoms with E-state index in [9.17, 15) is 18.0 Å². The van der Waals surface area contributed by atoms with E-state index in [0.29, 0.717) is 28.9 Å². The summed E-state index contributed by atoms with van der Waals surface area (Å²) in [6.07, 6.45) is -4.28. The minimum absolute atomic E-state index is 0.0233. The molecule has 0 unspecified atom stereocenters. The van der Waals surface area contributed by atoms with Crippen molar-refractivity contribution in [1.29, 1.82) is 0 Å². The number of hydrogen-bond donors (Lipinski definition) is 2. The highest BCUT2D eigenvalue weighted by Crippen LogP contribution is 2.44. The first-order valence-corrected chi connectivity index (χ1v) is 8.77. The van der Waals surface area contributed by atoms with Gasteiger partial charge < -0.3 is 19.9 Å². The van der Waals surface area contributed by atoms with Crippen LogP contribution in [0.4, 0.5) is 23.7 Å². The Hall–Kier alpha value is -3.16. The van der Waals surface area contributed by atoms with Crippen LogP contribution in [0.3, 0.4) is 0 Å². The number of amides is 2. The number of halogens is 3. The number of fused-ring (bicyclic) bond motifs is 3. The second-order valence-corrected chi connectivity index (χ2v) is 6.58. The van der Waals surface area contributed by atoms with Gasteiger partial charge in [-0.2, -0.15) is 13.2 Å². The molecule has 0 fully saturated rings. The predicted molar refractivity (Wildman–Crippen MR) is 99.5 cm³/mol. The molecule has 3 aromatic rings. The van der Waals surface area contributed by atoms with Crippen LogP contribution in [0.15, 0.2) is 48.5 Å². The van der Waals surface area contributed by atoms with E-state index in [1.54, 1.807) is 48.5 Å². The Morgan fingerprint density at radius 1 is 1.18 bits per heavy atom. The van der Waals surface area contributed by atoms with Crippen molar-refractivity contribution < 1.29 is 22.7 Å². The predicted octanol–water partition coefficient (Wildman–Crippen LogP) is 4.87. The molecule has 0 saturated carbocycles. The average Bonchev–Trinajstić information content (AvgIpc) is 3.05. The molecule has 1 aromatic heterocycles. The van der Waals surface area contributed by atoms with Crippen molar-refractivity contribution >= 4 is 22.6 Å². The summed E-state index contributed by atoms with van der Waals surface area (Å²) in [6, 6.07) is 10.8. The van der Waals surface area contributed by atoms with E-state index in [-0.39, 0.29) is 12.2 Å². The number of nitrogens with one attached hydrogen (secondary N) is 2. The van der Waals surface area contributed by atoms with Crippen molar-refractivity contribution in [2.24, 2.45) is 0 Å². The van der Waals surface area contributed by atoms with Crippen LogP contribution in [0.25, 0.3) is 10.9 Å². The highest BCUT2D eigenvalue weighted by atomic mass is 19.4. The third-order valence-electron chi connectivity index (χ3n) is 4.95. The first kappa shape index (κ1) is 18.2. The minimum Gasteiger partial charge on any atom is -0.495 e. The molecule has 8 heteroatoms. The number of urea groups is 1. The SMILES string of the molecule is COc1ccccc1NC(=O)N1CCc2c([nH]c3ccccc23)[C@@H]1C(F)(F)F. The number of H-pyrrole nitrogens is 1. The molecule has 0 bridgehead atoms. The van der Waals surface area contributed by atoms with Crippen LogP contribution >= 0.6 is 0 Å². The van der Waals surface area contributed by atoms with Gasteiger partial charge in [-0.3, -0.25) is 0 Å². The van der Waals surface area contributed by atoms with Gasteiger partial charge in [-0.25, -0.2) is 4.79 Å². The van der Waals surface area contributed by atoms with Gasteiger partial charge in [0, 0.05) is 17.4 Å². The van der Waals surface area contributed by atoms with Gasteiger partial charge in [0.1, 0.15) is 5.75 Å². The third kappa shape index (κ3) is 3.04. The number of rotatable bonds is 2. The van der Waals surface area contributed by atoms with Gasteiger partial charge in [-0.1, -0.05) is 30.3 Å². The molecule has 146 valence electrons. The maximum atomic E-state index is 14.0. The zero-order valence-electron chi connectivity index (χ0n) is 15.0. The molecule has 0 radical (unpaired) electrons. The van der Waals surface area contributed by atoms with Crippen molar-refractivity contribution in [2.45, 2.75) is 18.6 Å². The van der Waals surface area contributed by atoms with Gasteiger partial charge in [0.05, 0.1) is 18.5 Å². The van der Waals surface area contributed by atoms with Crippen molar-refractivity contribution in [2.75, 3.05) is 19.0 Å². The third-order valence-corrected chi connectivity index (χ3v) is 4.95. The number of ether oxygens (including phenoxy) is 1. The number of nitrogens with zero attached hydrogens (tertiary/aromatic N) is 1. The van der Waals surface area contributed by atoms with Crippen molar-refractivity contribution in [3.8, 4) is 5.75 Å². The number of hydrogen-bond acceptors (Lipinski definition) is 2. The van der Waals surface area contributed by atoms with Gasteiger partial charge in [0.15, 0.2) is 6.04 Å². The van der Waals surface area contributed by atoms with Crippen molar-refractivity contribution in [1.82, 2.24) is 9.88 Å². The molecule has 1 aliphatic rings. The van der Waals surface area contributed by atoms with Crippen LogP contribution in [0.5, 0.6) is 5.75 Å². The second kappa shape index (κ2) is 6.78. The molecule has 4 rings (SSSR count). The summed E-state index contributed by atoms with van der Waals surface area (Å²) in [6.45, 7) is -0.0417. The van der Waals surface area contributed by atoms with Gasteiger partial charge in [0.25, 0.3) is 0 Å². The fourth-order valence-electron chi connectivity index (χ4n) is 3.73. The molecule has 0 saturated heterocycles. The van der Waals surface area contributed by atoms with Crippen LogP contribution in [-0.2, 0) is 6.42 Å². The Balaban J connectivity index is 1.72. The lowest BCUT2D eigenvalue weighted by molar-refractivity contribution is -0.180. The molecule has 28 heavy (non-hydrogen) atoms. The lowest BCUT2D eigenvalue weighted by atomic mass is 9.97. The molecule has 5 nitrogen and oxygen atoms in total. The monoisotopic (exact) mass is 389 g/mol. The Kier molecular flexibility index (Phi) is 4.41. The number of carbonyl (C=O) groups excluding carboxylic acids is 1. The number of alkyl halides is 3. The smallest absolute Gasteiger partial charge is 0.414 e. The number of anilines is 1. The molecular weight excluding hydrogens is 371 g/mol. The topological polar surface area (TPSA) is 57.4 Å². The molecule has 1 aliphatic heterocycles. The first-order valence-electron chi connectivity index (χ1n) is 8.77. The summed E-state index contributed by atoms with van der Waals surface area (Å²) in [7, 11) is 1.43. The number of methoxy groups -OCH3 is 1. The number of para-hydroxylation sites is 3. The van der Waals surface area contributed by atoms with Crippen LogP contribution in [0.2, 0.25) is 0 Å². The van der Waals surface area contributed by atoms with E-state index in [1.807, 2.05) is 0 Å². The lowest BCUT2D eigenvalue weighted by Crippen LogP contribution is -2.48. The molecule has 0 aliphatic carbocycles. The maximum Gasteiger partial charge on any atom is 0.414 e. The fourth-order valence-corrected chi connectivity index (χ4v) is 3.73. The van der Waals surface area contributed by atoms with E-state index >= 15 is 0 Å². The molecule has 2 N–H and O–H groups in total. The highest BCUT2D eigenvalue weighted by Gasteiger charge is 2.50. The number of aromatic nitrogens is 1. The van der Waals surface area contributed by atoms with E-state index < -0.39 is 18.2 Å². The number of benzene rings is 2. The Labute approximate surface area is 159 Å². The highest BCUT2D eigenvalue weighted by molar-refractivity contribution is 5.92. The standard InChI is InChI=1S/C20H18F3N3O2/c1-28-16-9-5-4-8-15(16)25-19(27)26-11-10-13-12-6-2-3-7-14(12)24-17(13)18(26)20(21,22)23/h2-9,18,24H,10-11H2,1H3,(H,25,27)/t18-/m1/s1. The van der Waals surface area contributed by atoms with Crippen LogP contribution in [0, 0.1) is 0 Å². The van der Waals surface area contributed by atoms with Crippen molar-refractivity contribution in [3.05, 3.63) is 59.8 Å². The Morgan fingerprint density at radius 3 is 2.64 bits per heavy atom. The quantitative estimate of drug-likeness (QED) is 0.657. The summed E-state index contributed by atoms with van der Waals surface area (Å²) in [5.41, 5.74) is 1.58. The fraction of sp³-hybridized carbons (Fsp3) is 0.250. The van der Waals surface area contributed by atoms with Crippen LogP contribution in [-0.4, -0.2) is 35.7 Å². The Bertz CT molecular complexity index is 1030. The molecule has 2 heterocycles. The van der Waals surface area contributed by atoms with Gasteiger partial charge in [-0.05, 0) is 30.2 Å². The normalized spacial score (nSPS) is 16.7. The average molecular weight is 389 g/mol. The lowest BCUT2D eigenvalue weighted by Gasteiger charge is -2.36. The van der Waals surface area contributed by atoms with Gasteiger partial charge in [-0.15, -0.1) is 0 Å². The largest absolute Gasteiger partial charge is 0.495 e. The van der Waals surface area contributed by atoms with E-state index in [1.165, 1.54) is 7.11 Å². The summed E-state index contributed by atoms with van der Waals surface area (Å²) in [4.78, 5) is 16.5. The van der Waals surface area contributed by atoms with E-state index in [2.05, 4.69) is 10.3 Å². The van der Waals surface area contributed by atoms with Gasteiger partial charge >= 0.3 is 12.2 Å². The first-order chi connectivity index (χ1) is 13.4. The summed E-state index contributed by atoms with van der Waals surface area (Å²) in [5, 5.41) is 3.31. The van der Waals surface area contributed by atoms with E-state index in [4.69, 9.17) is 4.74 Å². The zero-order chi connectivity index (χ0) is 19.9. The minimum atomic E-state index is -4.62. The number of carbonyl (C=O) groups is 1.